The highest BCUT2D eigenvalue weighted by molar-refractivity contribution is 6.77. The second-order valence-corrected chi connectivity index (χ2v) is 6.60. The summed E-state index contributed by atoms with van der Waals surface area (Å²) in [7, 11) is 1.22. The molecule has 0 saturated carbocycles. The predicted octanol–water partition coefficient (Wildman–Crippen LogP) is 4.37. The van der Waals surface area contributed by atoms with Crippen molar-refractivity contribution >= 4 is 52.4 Å². The van der Waals surface area contributed by atoms with E-state index in [-0.39, 0.29) is 5.84 Å². The van der Waals surface area contributed by atoms with Gasteiger partial charge >= 0.3 is 6.09 Å². The monoisotopic (exact) mass is 336 g/mol. The molecule has 0 radical (unpaired) electrons. The lowest BCUT2D eigenvalue weighted by atomic mass is 10.1. The minimum absolute atomic E-state index is 0.107. The number of ether oxygens (including phenoxy) is 1. The fourth-order valence-corrected chi connectivity index (χ4v) is 2.04. The molecule has 20 heavy (non-hydrogen) atoms. The van der Waals surface area contributed by atoms with Gasteiger partial charge in [-0.05, 0) is 31.9 Å². The summed E-state index contributed by atoms with van der Waals surface area (Å²) in [5.74, 6) is -0.107. The lowest BCUT2D eigenvalue weighted by Gasteiger charge is -2.16. The van der Waals surface area contributed by atoms with Crippen molar-refractivity contribution in [2.24, 2.45) is 4.99 Å². The molecule has 0 saturated heterocycles. The van der Waals surface area contributed by atoms with Gasteiger partial charge in [0.15, 0.2) is 5.84 Å². The summed E-state index contributed by atoms with van der Waals surface area (Å²) < 4.78 is 2.62. The molecule has 0 aliphatic carbocycles. The Labute approximate surface area is 133 Å². The van der Waals surface area contributed by atoms with Gasteiger partial charge in [0.25, 0.3) is 0 Å². The largest absolute Gasteiger partial charge is 0.453 e. The molecule has 0 spiro atoms. The number of alkyl halides is 3. The number of methoxy groups -OCH3 is 1. The van der Waals surface area contributed by atoms with Crippen LogP contribution in [0.15, 0.2) is 17.1 Å². The molecule has 1 aromatic carbocycles. The molecule has 0 heterocycles. The number of halogens is 3. The molecule has 110 valence electrons. The lowest BCUT2D eigenvalue weighted by Crippen LogP contribution is -2.39. The van der Waals surface area contributed by atoms with E-state index in [4.69, 9.17) is 34.8 Å². The molecule has 1 amide bonds. The fraction of sp³-hybridized carbons (Fsp3) is 0.385. The van der Waals surface area contributed by atoms with Crippen molar-refractivity contribution in [1.29, 1.82) is 0 Å². The maximum atomic E-state index is 11.3. The number of amidine groups is 1. The van der Waals surface area contributed by atoms with Crippen LogP contribution in [0.2, 0.25) is 0 Å². The van der Waals surface area contributed by atoms with Crippen LogP contribution in [-0.2, 0) is 4.74 Å². The standard InChI is InChI=1S/C13H15Cl3N2O2/c1-7-5-8(2)10(9(3)6-7)17-11(13(14,15)16)18-12(19)20-4/h5-6H,1-4H3,(H,17,18,19). The van der Waals surface area contributed by atoms with Crippen LogP contribution < -0.4 is 5.32 Å². The van der Waals surface area contributed by atoms with E-state index in [0.29, 0.717) is 5.69 Å². The minimum atomic E-state index is -1.86. The van der Waals surface area contributed by atoms with Crippen LogP contribution in [0.5, 0.6) is 0 Å². The molecule has 1 N–H and O–H groups in total. The van der Waals surface area contributed by atoms with Gasteiger partial charge in [-0.2, -0.15) is 0 Å². The summed E-state index contributed by atoms with van der Waals surface area (Å²) in [5, 5.41) is 2.32. The molecule has 0 aliphatic rings. The van der Waals surface area contributed by atoms with Crippen LogP contribution in [0.4, 0.5) is 10.5 Å². The van der Waals surface area contributed by atoms with E-state index < -0.39 is 9.89 Å². The van der Waals surface area contributed by atoms with Crippen molar-refractivity contribution in [2.75, 3.05) is 7.11 Å². The zero-order chi connectivity index (χ0) is 15.5. The smallest absolute Gasteiger partial charge is 0.412 e. The summed E-state index contributed by atoms with van der Waals surface area (Å²) >= 11 is 17.4. The molecular weight excluding hydrogens is 323 g/mol. The van der Waals surface area contributed by atoms with Gasteiger partial charge in [-0.1, -0.05) is 52.5 Å². The third-order valence-corrected chi connectivity index (χ3v) is 3.07. The predicted molar refractivity (Wildman–Crippen MR) is 83.6 cm³/mol. The first-order valence-corrected chi connectivity index (χ1v) is 6.87. The van der Waals surface area contributed by atoms with Crippen molar-refractivity contribution in [3.63, 3.8) is 0 Å². The number of carbonyl (C=O) groups excluding carboxylic acids is 1. The van der Waals surface area contributed by atoms with E-state index in [2.05, 4.69) is 15.0 Å². The molecule has 1 rings (SSSR count). The average Bonchev–Trinajstić information content (AvgIpc) is 2.30. The zero-order valence-corrected chi connectivity index (χ0v) is 13.8. The van der Waals surface area contributed by atoms with Crippen LogP contribution >= 0.6 is 34.8 Å². The second kappa shape index (κ2) is 6.66. The van der Waals surface area contributed by atoms with E-state index in [1.54, 1.807) is 0 Å². The van der Waals surface area contributed by atoms with Gasteiger partial charge in [-0.25, -0.2) is 9.79 Å². The van der Waals surface area contributed by atoms with Crippen molar-refractivity contribution in [1.82, 2.24) is 5.32 Å². The number of aliphatic imine (C=N–C) groups is 1. The molecule has 0 fully saturated rings. The van der Waals surface area contributed by atoms with Gasteiger partial charge in [-0.3, -0.25) is 5.32 Å². The van der Waals surface area contributed by atoms with Crippen molar-refractivity contribution in [3.05, 3.63) is 28.8 Å². The third kappa shape index (κ3) is 4.54. The molecule has 0 atom stereocenters. The molecule has 0 aromatic heterocycles. The Bertz CT molecular complexity index is 528. The highest BCUT2D eigenvalue weighted by Crippen LogP contribution is 2.31. The Morgan fingerprint density at radius 1 is 1.20 bits per heavy atom. The van der Waals surface area contributed by atoms with E-state index >= 15 is 0 Å². The molecule has 0 aliphatic heterocycles. The van der Waals surface area contributed by atoms with Gasteiger partial charge < -0.3 is 4.74 Å². The Kier molecular flexibility index (Phi) is 5.68. The number of alkyl carbamates (subject to hydrolysis) is 1. The van der Waals surface area contributed by atoms with Gasteiger partial charge in [0.1, 0.15) is 0 Å². The Morgan fingerprint density at radius 3 is 2.10 bits per heavy atom. The summed E-state index contributed by atoms with van der Waals surface area (Å²) in [4.78, 5) is 15.6. The van der Waals surface area contributed by atoms with Crippen molar-refractivity contribution in [3.8, 4) is 0 Å². The summed E-state index contributed by atoms with van der Waals surface area (Å²) in [6.07, 6.45) is -0.752. The van der Waals surface area contributed by atoms with E-state index in [9.17, 15) is 4.79 Å². The first-order valence-electron chi connectivity index (χ1n) is 5.74. The van der Waals surface area contributed by atoms with E-state index in [1.807, 2.05) is 32.9 Å². The normalized spacial score (nSPS) is 12.2. The van der Waals surface area contributed by atoms with Gasteiger partial charge in [0.05, 0.1) is 12.8 Å². The highest BCUT2D eigenvalue weighted by Gasteiger charge is 2.30. The number of rotatable bonds is 1. The number of nitrogens with one attached hydrogen (secondary N) is 1. The number of amides is 1. The van der Waals surface area contributed by atoms with Gasteiger partial charge in [-0.15, -0.1) is 0 Å². The van der Waals surface area contributed by atoms with Crippen molar-refractivity contribution < 1.29 is 9.53 Å². The maximum Gasteiger partial charge on any atom is 0.412 e. The second-order valence-electron chi connectivity index (χ2n) is 4.32. The summed E-state index contributed by atoms with van der Waals surface area (Å²) in [6, 6.07) is 3.92. The van der Waals surface area contributed by atoms with Crippen LogP contribution in [0.1, 0.15) is 16.7 Å². The highest BCUT2D eigenvalue weighted by atomic mass is 35.6. The number of aryl methyl sites for hydroxylation is 3. The van der Waals surface area contributed by atoms with Crippen LogP contribution in [0.25, 0.3) is 0 Å². The SMILES string of the molecule is COC(=O)NC(=Nc1c(C)cc(C)cc1C)C(Cl)(Cl)Cl. The maximum absolute atomic E-state index is 11.3. The Hall–Kier alpha value is -0.970. The number of benzene rings is 1. The number of carbonyl (C=O) groups is 1. The topological polar surface area (TPSA) is 50.7 Å². The van der Waals surface area contributed by atoms with Gasteiger partial charge in [0.2, 0.25) is 3.79 Å². The quantitative estimate of drug-likeness (QED) is 0.470. The average molecular weight is 338 g/mol. The minimum Gasteiger partial charge on any atom is -0.453 e. The molecule has 0 unspecified atom stereocenters. The van der Waals surface area contributed by atoms with Crippen molar-refractivity contribution in [2.45, 2.75) is 24.6 Å². The molecule has 7 heteroatoms. The Balaban J connectivity index is 3.30. The lowest BCUT2D eigenvalue weighted by molar-refractivity contribution is 0.176. The number of hydrogen-bond acceptors (Lipinski definition) is 3. The van der Waals surface area contributed by atoms with Crippen LogP contribution in [0.3, 0.4) is 0 Å². The summed E-state index contributed by atoms with van der Waals surface area (Å²) in [6.45, 7) is 5.77. The molecule has 0 bridgehead atoms. The summed E-state index contributed by atoms with van der Waals surface area (Å²) in [5.41, 5.74) is 3.59. The Morgan fingerprint density at radius 2 is 1.70 bits per heavy atom. The molecular formula is C13H15Cl3N2O2. The first kappa shape index (κ1) is 17.1. The van der Waals surface area contributed by atoms with Gasteiger partial charge in [0, 0.05) is 0 Å². The van der Waals surface area contributed by atoms with E-state index in [1.165, 1.54) is 7.11 Å². The first-order chi connectivity index (χ1) is 9.15. The number of hydrogen-bond donors (Lipinski definition) is 1. The molecule has 1 aromatic rings. The van der Waals surface area contributed by atoms with Crippen LogP contribution in [0, 0.1) is 20.8 Å². The van der Waals surface area contributed by atoms with E-state index in [0.717, 1.165) is 16.7 Å². The fourth-order valence-electron chi connectivity index (χ4n) is 1.77. The zero-order valence-electron chi connectivity index (χ0n) is 11.6. The van der Waals surface area contributed by atoms with Crippen LogP contribution in [-0.4, -0.2) is 22.8 Å². The third-order valence-electron chi connectivity index (χ3n) is 2.53. The molecule has 4 nitrogen and oxygen atoms in total. The number of nitrogens with zero attached hydrogens (tertiary/aromatic N) is 1.